The highest BCUT2D eigenvalue weighted by molar-refractivity contribution is 7.83. The van der Waals surface area contributed by atoms with Gasteiger partial charge in [0.05, 0.1) is 5.71 Å². The molecule has 2 fully saturated rings. The van der Waals surface area contributed by atoms with Crippen molar-refractivity contribution in [3.05, 3.63) is 157 Å². The van der Waals surface area contributed by atoms with E-state index in [0.717, 1.165) is 38.9 Å². The molecule has 0 amide bonds. The van der Waals surface area contributed by atoms with Crippen LogP contribution in [-0.2, 0) is 14.0 Å². The van der Waals surface area contributed by atoms with Gasteiger partial charge in [0, 0.05) is 44.4 Å². The molecule has 5 aromatic carbocycles. The Morgan fingerprint density at radius 3 is 1.27 bits per heavy atom. The van der Waals surface area contributed by atoms with E-state index in [1.807, 2.05) is 140 Å². The number of benzene rings is 5. The molecule has 5 aromatic rings. The lowest BCUT2D eigenvalue weighted by molar-refractivity contribution is 0.0293. The summed E-state index contributed by atoms with van der Waals surface area (Å²) in [6.07, 6.45) is 0.585. The van der Waals surface area contributed by atoms with Crippen molar-refractivity contribution in [1.82, 2.24) is 0 Å². The second kappa shape index (κ2) is 10.9. The average Bonchev–Trinajstić information content (AvgIpc) is 3.82. The number of hydrogen-bond acceptors (Lipinski definition) is 4. The third-order valence-electron chi connectivity index (χ3n) is 10.1. The van der Waals surface area contributed by atoms with Crippen molar-refractivity contribution >= 4 is 41.2 Å². The summed E-state index contributed by atoms with van der Waals surface area (Å²) in [5.41, 5.74) is 1.19. The SMILES string of the molecule is O=P(c1ccccc1)(c1ccccc1)[C@@H]1[C@H]2C[C@@H]([C@@H]3C(c4ccccc4)=NO[C@@H]23)[C@H]1P(=O)(c1ccccc1)c1ccccc1. The molecule has 2 saturated carbocycles. The summed E-state index contributed by atoms with van der Waals surface area (Å²) in [6, 6.07) is 49.8. The van der Waals surface area contributed by atoms with Crippen molar-refractivity contribution in [3.63, 3.8) is 0 Å². The van der Waals surface area contributed by atoms with E-state index in [9.17, 15) is 0 Å². The minimum atomic E-state index is -3.36. The van der Waals surface area contributed by atoms with Gasteiger partial charge in [0.1, 0.15) is 20.4 Å². The summed E-state index contributed by atoms with van der Waals surface area (Å²) in [6.45, 7) is 0. The van der Waals surface area contributed by atoms with E-state index in [4.69, 9.17) is 9.99 Å². The van der Waals surface area contributed by atoms with Gasteiger partial charge in [-0.3, -0.25) is 0 Å². The smallest absolute Gasteiger partial charge is 0.147 e. The predicted molar refractivity (Wildman–Crippen MR) is 180 cm³/mol. The molecule has 0 spiro atoms. The minimum absolute atomic E-state index is 0.0237. The van der Waals surface area contributed by atoms with Crippen LogP contribution in [0.25, 0.3) is 0 Å². The second-order valence-corrected chi connectivity index (χ2v) is 18.0. The lowest BCUT2D eigenvalue weighted by atomic mass is 9.80. The fourth-order valence-electron chi connectivity index (χ4n) is 8.39. The van der Waals surface area contributed by atoms with Crippen molar-refractivity contribution in [2.75, 3.05) is 0 Å². The van der Waals surface area contributed by atoms with Crippen LogP contribution in [0.1, 0.15) is 12.0 Å². The minimum Gasteiger partial charge on any atom is -0.391 e. The quantitative estimate of drug-likeness (QED) is 0.189. The van der Waals surface area contributed by atoms with Gasteiger partial charge in [0.15, 0.2) is 0 Å². The highest BCUT2D eigenvalue weighted by Crippen LogP contribution is 2.73. The van der Waals surface area contributed by atoms with Gasteiger partial charge < -0.3 is 14.0 Å². The lowest BCUT2D eigenvalue weighted by Gasteiger charge is -2.44. The van der Waals surface area contributed by atoms with Gasteiger partial charge in [-0.2, -0.15) is 0 Å². The predicted octanol–water partition coefficient (Wildman–Crippen LogP) is 6.82. The van der Waals surface area contributed by atoms with Crippen molar-refractivity contribution in [1.29, 1.82) is 0 Å². The monoisotopic (exact) mass is 613 g/mol. The van der Waals surface area contributed by atoms with Crippen LogP contribution in [0.2, 0.25) is 0 Å². The molecule has 6 atom stereocenters. The van der Waals surface area contributed by atoms with Crippen molar-refractivity contribution in [2.24, 2.45) is 22.9 Å². The van der Waals surface area contributed by atoms with Crippen LogP contribution in [-0.4, -0.2) is 23.1 Å². The van der Waals surface area contributed by atoms with Gasteiger partial charge >= 0.3 is 0 Å². The van der Waals surface area contributed by atoms with Crippen LogP contribution in [0, 0.1) is 17.8 Å². The Hall–Kier alpha value is -3.97. The Bertz CT molecular complexity index is 1810. The molecule has 0 radical (unpaired) electrons. The number of hydrogen-bond donors (Lipinski definition) is 0. The number of fused-ring (bicyclic) bond motifs is 5. The molecule has 6 heteroatoms. The van der Waals surface area contributed by atoms with Crippen LogP contribution < -0.4 is 21.2 Å². The fourth-order valence-corrected chi connectivity index (χ4v) is 16.9. The molecule has 3 aliphatic rings. The first-order valence-corrected chi connectivity index (χ1v) is 18.9. The molecule has 0 saturated heterocycles. The van der Waals surface area contributed by atoms with E-state index in [1.165, 1.54) is 0 Å². The van der Waals surface area contributed by atoms with Crippen LogP contribution >= 0.6 is 14.3 Å². The van der Waals surface area contributed by atoms with Gasteiger partial charge in [-0.15, -0.1) is 0 Å². The van der Waals surface area contributed by atoms with Crippen molar-refractivity contribution < 1.29 is 14.0 Å². The lowest BCUT2D eigenvalue weighted by Crippen LogP contribution is -2.50. The molecule has 0 unspecified atom stereocenters. The first-order chi connectivity index (χ1) is 21.6. The number of nitrogens with zero attached hydrogens (tertiary/aromatic N) is 1. The van der Waals surface area contributed by atoms with Gasteiger partial charge in [-0.05, 0) is 17.9 Å². The van der Waals surface area contributed by atoms with Crippen LogP contribution in [0.3, 0.4) is 0 Å². The summed E-state index contributed by atoms with van der Waals surface area (Å²) in [5, 5.41) is 7.93. The summed E-state index contributed by atoms with van der Waals surface area (Å²) in [7, 11) is -6.71. The summed E-state index contributed by atoms with van der Waals surface area (Å²) >= 11 is 0. The number of oxime groups is 1. The van der Waals surface area contributed by atoms with E-state index in [-0.39, 0.29) is 29.5 Å². The molecular weight excluding hydrogens is 580 g/mol. The Labute approximate surface area is 258 Å². The van der Waals surface area contributed by atoms with Crippen LogP contribution in [0.15, 0.2) is 157 Å². The molecular formula is C38H33NO3P2. The molecule has 2 bridgehead atoms. The van der Waals surface area contributed by atoms with E-state index in [0.29, 0.717) is 0 Å². The molecule has 1 heterocycles. The molecule has 0 N–H and O–H groups in total. The largest absolute Gasteiger partial charge is 0.391 e. The number of rotatable bonds is 7. The third kappa shape index (κ3) is 4.08. The molecule has 44 heavy (non-hydrogen) atoms. The van der Waals surface area contributed by atoms with E-state index in [2.05, 4.69) is 12.1 Å². The zero-order valence-corrected chi connectivity index (χ0v) is 26.0. The molecule has 0 aromatic heterocycles. The fraction of sp³-hybridized carbons (Fsp3) is 0.184. The summed E-state index contributed by atoms with van der Waals surface area (Å²) < 4.78 is 32.6. The summed E-state index contributed by atoms with van der Waals surface area (Å²) in [5.74, 6) is -0.125. The van der Waals surface area contributed by atoms with Gasteiger partial charge in [0.2, 0.25) is 0 Å². The molecule has 218 valence electrons. The first kappa shape index (κ1) is 27.6. The van der Waals surface area contributed by atoms with E-state index >= 15 is 9.13 Å². The Morgan fingerprint density at radius 2 is 0.864 bits per heavy atom. The second-order valence-electron chi connectivity index (χ2n) is 12.1. The summed E-state index contributed by atoms with van der Waals surface area (Å²) in [4.78, 5) is 6.32. The van der Waals surface area contributed by atoms with Gasteiger partial charge in [-0.25, -0.2) is 0 Å². The van der Waals surface area contributed by atoms with E-state index < -0.39 is 19.9 Å². The first-order valence-electron chi connectivity index (χ1n) is 15.3. The van der Waals surface area contributed by atoms with E-state index in [1.54, 1.807) is 0 Å². The Kier molecular flexibility index (Phi) is 6.82. The highest BCUT2D eigenvalue weighted by Gasteiger charge is 2.70. The zero-order chi connectivity index (χ0) is 29.7. The standard InChI is InChI=1S/C38H33NO3P2/c40-43(28-18-8-2-9-19-28,29-20-10-3-11-21-29)37-32-26-33(36-34(32)35(39-42-36)27-16-6-1-7-17-27)38(37)44(41,30-22-12-4-13-23-30)31-24-14-5-15-25-31/h1-25,32-34,36-38H,26H2/t32-,33-,34+,36-,37+,38+/m0/s1. The topological polar surface area (TPSA) is 55.7 Å². The maximum Gasteiger partial charge on any atom is 0.147 e. The molecule has 2 aliphatic carbocycles. The molecule has 1 aliphatic heterocycles. The Balaban J connectivity index is 1.39. The van der Waals surface area contributed by atoms with Crippen molar-refractivity contribution in [2.45, 2.75) is 23.8 Å². The highest BCUT2D eigenvalue weighted by atomic mass is 31.2. The maximum absolute atomic E-state index is 16.4. The Morgan fingerprint density at radius 1 is 0.500 bits per heavy atom. The zero-order valence-electron chi connectivity index (χ0n) is 24.2. The molecule has 4 nitrogen and oxygen atoms in total. The molecule has 8 rings (SSSR count). The third-order valence-corrected chi connectivity index (χ3v) is 17.6. The van der Waals surface area contributed by atoms with Crippen LogP contribution in [0.5, 0.6) is 0 Å². The van der Waals surface area contributed by atoms with Gasteiger partial charge in [0.25, 0.3) is 0 Å². The van der Waals surface area contributed by atoms with Crippen molar-refractivity contribution in [3.8, 4) is 0 Å². The normalized spacial score (nSPS) is 25.7. The maximum atomic E-state index is 16.4. The van der Waals surface area contributed by atoms with Gasteiger partial charge in [-0.1, -0.05) is 157 Å². The van der Waals surface area contributed by atoms with Crippen LogP contribution in [0.4, 0.5) is 0 Å². The average molecular weight is 614 g/mol.